The summed E-state index contributed by atoms with van der Waals surface area (Å²) in [5.74, 6) is 0.735. The number of halogens is 1. The minimum atomic E-state index is -0.0568. The lowest BCUT2D eigenvalue weighted by Crippen LogP contribution is -2.22. The third-order valence-corrected chi connectivity index (χ3v) is 4.71. The number of benzene rings is 1. The van der Waals surface area contributed by atoms with E-state index in [9.17, 15) is 4.79 Å². The first-order valence-corrected chi connectivity index (χ1v) is 8.08. The molecule has 2 rings (SSSR count). The molecule has 20 heavy (non-hydrogen) atoms. The number of thiocarbonyl (C=S) groups is 1. The van der Waals surface area contributed by atoms with Crippen LogP contribution in [0, 0.1) is 0 Å². The fourth-order valence-corrected chi connectivity index (χ4v) is 3.32. The van der Waals surface area contributed by atoms with Crippen molar-refractivity contribution in [1.82, 2.24) is 4.90 Å². The number of likely N-dealkylation sites (N-methyl/N-ethyl adjacent to an activating group) is 1. The molecule has 1 heterocycles. The predicted octanol–water partition coefficient (Wildman–Crippen LogP) is 4.07. The van der Waals surface area contributed by atoms with Gasteiger partial charge in [-0.2, -0.15) is 0 Å². The second kappa shape index (κ2) is 6.28. The first kappa shape index (κ1) is 15.5. The van der Waals surface area contributed by atoms with E-state index in [0.29, 0.717) is 9.23 Å². The lowest BCUT2D eigenvalue weighted by molar-refractivity contribution is -0.121. The second-order valence-electron chi connectivity index (χ2n) is 4.60. The Labute approximate surface area is 136 Å². The van der Waals surface area contributed by atoms with Crippen molar-refractivity contribution in [3.63, 3.8) is 0 Å². The minimum absolute atomic E-state index is 0.0568. The fourth-order valence-electron chi connectivity index (χ4n) is 1.65. The average molecular weight is 372 g/mol. The zero-order valence-electron chi connectivity index (χ0n) is 11.3. The van der Waals surface area contributed by atoms with Gasteiger partial charge in [0, 0.05) is 7.05 Å². The summed E-state index contributed by atoms with van der Waals surface area (Å²) in [7, 11) is 1.69. The molecule has 0 atom stereocenters. The molecule has 106 valence electrons. The maximum atomic E-state index is 11.9. The van der Waals surface area contributed by atoms with Gasteiger partial charge in [0.25, 0.3) is 5.91 Å². The molecule has 0 bridgehead atoms. The van der Waals surface area contributed by atoms with Crippen molar-refractivity contribution in [2.45, 2.75) is 20.0 Å². The topological polar surface area (TPSA) is 29.5 Å². The SMILES string of the molecule is CC(C)Oc1ccc(/C=C2/SC(=S)N(C)C2=O)cc1Br. The van der Waals surface area contributed by atoms with E-state index in [-0.39, 0.29) is 12.0 Å². The van der Waals surface area contributed by atoms with E-state index >= 15 is 0 Å². The second-order valence-corrected chi connectivity index (χ2v) is 7.13. The number of amides is 1. The number of carbonyl (C=O) groups excluding carboxylic acids is 1. The van der Waals surface area contributed by atoms with Crippen LogP contribution in [-0.4, -0.2) is 28.3 Å². The third kappa shape index (κ3) is 3.42. The van der Waals surface area contributed by atoms with Gasteiger partial charge in [-0.15, -0.1) is 0 Å². The summed E-state index contributed by atoms with van der Waals surface area (Å²) in [4.78, 5) is 14.1. The molecule has 0 aromatic heterocycles. The van der Waals surface area contributed by atoms with Crippen molar-refractivity contribution in [3.05, 3.63) is 33.1 Å². The van der Waals surface area contributed by atoms with Crippen LogP contribution >= 0.6 is 39.9 Å². The molecule has 3 nitrogen and oxygen atoms in total. The zero-order valence-corrected chi connectivity index (χ0v) is 14.6. The Kier molecular flexibility index (Phi) is 4.88. The summed E-state index contributed by atoms with van der Waals surface area (Å²) in [5, 5.41) is 0. The van der Waals surface area contributed by atoms with E-state index in [0.717, 1.165) is 15.8 Å². The molecule has 1 saturated heterocycles. The highest BCUT2D eigenvalue weighted by Crippen LogP contribution is 2.33. The Hall–Kier alpha value is -0.850. The van der Waals surface area contributed by atoms with Gasteiger partial charge in [-0.25, -0.2) is 0 Å². The van der Waals surface area contributed by atoms with Crippen LogP contribution in [-0.2, 0) is 4.79 Å². The van der Waals surface area contributed by atoms with Gasteiger partial charge in [-0.05, 0) is 53.5 Å². The average Bonchev–Trinajstić information content (AvgIpc) is 2.60. The van der Waals surface area contributed by atoms with Crippen molar-refractivity contribution < 1.29 is 9.53 Å². The molecule has 1 aliphatic rings. The van der Waals surface area contributed by atoms with Crippen LogP contribution in [0.1, 0.15) is 19.4 Å². The van der Waals surface area contributed by atoms with Crippen LogP contribution in [0.15, 0.2) is 27.6 Å². The summed E-state index contributed by atoms with van der Waals surface area (Å²) in [6.07, 6.45) is 1.96. The van der Waals surface area contributed by atoms with Crippen LogP contribution in [0.4, 0.5) is 0 Å². The van der Waals surface area contributed by atoms with E-state index in [1.165, 1.54) is 16.7 Å². The van der Waals surface area contributed by atoms with Gasteiger partial charge in [0.05, 0.1) is 15.5 Å². The van der Waals surface area contributed by atoms with Crippen molar-refractivity contribution in [3.8, 4) is 5.75 Å². The van der Waals surface area contributed by atoms with E-state index in [4.69, 9.17) is 17.0 Å². The lowest BCUT2D eigenvalue weighted by Gasteiger charge is -2.11. The molecule has 1 aromatic rings. The van der Waals surface area contributed by atoms with Gasteiger partial charge < -0.3 is 4.74 Å². The molecule has 1 amide bonds. The van der Waals surface area contributed by atoms with Crippen molar-refractivity contribution in [2.75, 3.05) is 7.05 Å². The van der Waals surface area contributed by atoms with Gasteiger partial charge in [-0.1, -0.05) is 30.0 Å². The lowest BCUT2D eigenvalue weighted by atomic mass is 10.2. The summed E-state index contributed by atoms with van der Waals surface area (Å²) in [5.41, 5.74) is 0.932. The Morgan fingerprint density at radius 3 is 2.65 bits per heavy atom. The number of carbonyl (C=O) groups is 1. The van der Waals surface area contributed by atoms with E-state index < -0.39 is 0 Å². The van der Waals surface area contributed by atoms with Crippen molar-refractivity contribution in [1.29, 1.82) is 0 Å². The van der Waals surface area contributed by atoms with Crippen LogP contribution in [0.25, 0.3) is 6.08 Å². The quantitative estimate of drug-likeness (QED) is 0.591. The molecular formula is C14H14BrNO2S2. The first-order valence-electron chi connectivity index (χ1n) is 6.06. The van der Waals surface area contributed by atoms with Gasteiger partial charge >= 0.3 is 0 Å². The molecule has 6 heteroatoms. The molecular weight excluding hydrogens is 358 g/mol. The maximum absolute atomic E-state index is 11.9. The number of thioether (sulfide) groups is 1. The van der Waals surface area contributed by atoms with Crippen LogP contribution < -0.4 is 4.74 Å². The largest absolute Gasteiger partial charge is 0.490 e. The first-order chi connectivity index (χ1) is 9.38. The van der Waals surface area contributed by atoms with Crippen LogP contribution in [0.5, 0.6) is 5.75 Å². The molecule has 1 fully saturated rings. The summed E-state index contributed by atoms with van der Waals surface area (Å²) in [6, 6.07) is 5.74. The number of ether oxygens (including phenoxy) is 1. The normalized spacial score (nSPS) is 17.4. The molecule has 0 spiro atoms. The summed E-state index contributed by atoms with van der Waals surface area (Å²) in [6.45, 7) is 3.96. The fraction of sp³-hybridized carbons (Fsp3) is 0.286. The smallest absolute Gasteiger partial charge is 0.265 e. The van der Waals surface area contributed by atoms with Gasteiger partial charge in [0.2, 0.25) is 0 Å². The van der Waals surface area contributed by atoms with Crippen molar-refractivity contribution >= 4 is 56.2 Å². The monoisotopic (exact) mass is 371 g/mol. The van der Waals surface area contributed by atoms with E-state index in [1.807, 2.05) is 38.1 Å². The molecule has 1 aliphatic heterocycles. The van der Waals surface area contributed by atoms with Gasteiger partial charge in [0.15, 0.2) is 0 Å². The number of hydrogen-bond acceptors (Lipinski definition) is 4. The minimum Gasteiger partial charge on any atom is -0.490 e. The zero-order chi connectivity index (χ0) is 14.9. The number of nitrogens with zero attached hydrogens (tertiary/aromatic N) is 1. The Morgan fingerprint density at radius 1 is 1.45 bits per heavy atom. The third-order valence-electron chi connectivity index (χ3n) is 2.60. The van der Waals surface area contributed by atoms with E-state index in [2.05, 4.69) is 15.9 Å². The van der Waals surface area contributed by atoms with Crippen molar-refractivity contribution in [2.24, 2.45) is 0 Å². The highest BCUT2D eigenvalue weighted by atomic mass is 79.9. The maximum Gasteiger partial charge on any atom is 0.265 e. The van der Waals surface area contributed by atoms with Gasteiger partial charge in [0.1, 0.15) is 10.1 Å². The molecule has 1 aromatic carbocycles. The molecule has 0 radical (unpaired) electrons. The summed E-state index contributed by atoms with van der Waals surface area (Å²) < 4.78 is 7.11. The molecule has 0 saturated carbocycles. The van der Waals surface area contributed by atoms with Gasteiger partial charge in [-0.3, -0.25) is 9.69 Å². The highest BCUT2D eigenvalue weighted by molar-refractivity contribution is 9.10. The molecule has 0 unspecified atom stereocenters. The summed E-state index contributed by atoms with van der Waals surface area (Å²) >= 11 is 9.91. The number of rotatable bonds is 3. The van der Waals surface area contributed by atoms with Crippen LogP contribution in [0.3, 0.4) is 0 Å². The number of hydrogen-bond donors (Lipinski definition) is 0. The van der Waals surface area contributed by atoms with E-state index in [1.54, 1.807) is 7.05 Å². The Morgan fingerprint density at radius 2 is 2.15 bits per heavy atom. The standard InChI is InChI=1S/C14H14BrNO2S2/c1-8(2)18-11-5-4-9(6-10(11)15)7-12-13(17)16(3)14(19)20-12/h4-8H,1-3H3/b12-7+. The molecule has 0 N–H and O–H groups in total. The molecule has 0 aliphatic carbocycles. The van der Waals surface area contributed by atoms with Crippen LogP contribution in [0.2, 0.25) is 0 Å². The highest BCUT2D eigenvalue weighted by Gasteiger charge is 2.28. The Bertz CT molecular complexity index is 599. The predicted molar refractivity (Wildman–Crippen MR) is 90.8 cm³/mol. The Balaban J connectivity index is 2.25.